The molecular formula is C22H16ClFN6O2S. The van der Waals surface area contributed by atoms with E-state index in [1.165, 1.54) is 28.9 Å². The molecule has 0 unspecified atom stereocenters. The van der Waals surface area contributed by atoms with Crippen molar-refractivity contribution in [2.24, 2.45) is 0 Å². The molecule has 0 spiro atoms. The fraction of sp³-hybridized carbons (Fsp3) is 0.0455. The zero-order valence-corrected chi connectivity index (χ0v) is 18.5. The summed E-state index contributed by atoms with van der Waals surface area (Å²) in [6, 6.07) is 19.0. The molecule has 3 aromatic carbocycles. The van der Waals surface area contributed by atoms with Crippen molar-refractivity contribution >= 4 is 46.6 Å². The smallest absolute Gasteiger partial charge is 0.257 e. The van der Waals surface area contributed by atoms with E-state index in [-0.39, 0.29) is 17.2 Å². The number of thioether (sulfide) groups is 1. The average molecular weight is 483 g/mol. The number of halogens is 2. The number of para-hydroxylation sites is 1. The van der Waals surface area contributed by atoms with Gasteiger partial charge in [0.15, 0.2) is 0 Å². The highest BCUT2D eigenvalue weighted by molar-refractivity contribution is 7.99. The molecule has 0 saturated carbocycles. The van der Waals surface area contributed by atoms with E-state index >= 15 is 0 Å². The molecule has 1 heterocycles. The Morgan fingerprint density at radius 2 is 1.79 bits per heavy atom. The number of aromatic nitrogens is 4. The zero-order chi connectivity index (χ0) is 23.2. The Bertz CT molecular complexity index is 1300. The Hall–Kier alpha value is -3.76. The van der Waals surface area contributed by atoms with Gasteiger partial charge in [-0.15, -0.1) is 5.10 Å². The molecular weight excluding hydrogens is 467 g/mol. The number of nitrogens with zero attached hydrogens (tertiary/aromatic N) is 4. The number of benzene rings is 3. The molecule has 0 atom stereocenters. The van der Waals surface area contributed by atoms with Gasteiger partial charge in [0, 0.05) is 10.7 Å². The quantitative estimate of drug-likeness (QED) is 0.378. The van der Waals surface area contributed by atoms with Crippen molar-refractivity contribution in [3.05, 3.63) is 89.2 Å². The lowest BCUT2D eigenvalue weighted by atomic mass is 10.1. The first-order valence-electron chi connectivity index (χ1n) is 9.62. The van der Waals surface area contributed by atoms with Gasteiger partial charge in [0.05, 0.1) is 22.7 Å². The minimum Gasteiger partial charge on any atom is -0.325 e. The van der Waals surface area contributed by atoms with Crippen molar-refractivity contribution < 1.29 is 14.0 Å². The third-order valence-corrected chi connectivity index (χ3v) is 5.53. The van der Waals surface area contributed by atoms with Gasteiger partial charge in [0.1, 0.15) is 5.82 Å². The highest BCUT2D eigenvalue weighted by Gasteiger charge is 2.16. The maximum absolute atomic E-state index is 13.1. The van der Waals surface area contributed by atoms with Crippen molar-refractivity contribution in [2.75, 3.05) is 16.4 Å². The van der Waals surface area contributed by atoms with Gasteiger partial charge in [0.25, 0.3) is 5.91 Å². The van der Waals surface area contributed by atoms with Crippen molar-refractivity contribution in [3.63, 3.8) is 0 Å². The highest BCUT2D eigenvalue weighted by atomic mass is 35.5. The number of hydrogen-bond donors (Lipinski definition) is 2. The van der Waals surface area contributed by atoms with Crippen LogP contribution in [0.3, 0.4) is 0 Å². The summed E-state index contributed by atoms with van der Waals surface area (Å²) in [6.07, 6.45) is 0. The van der Waals surface area contributed by atoms with E-state index in [9.17, 15) is 14.0 Å². The van der Waals surface area contributed by atoms with E-state index < -0.39 is 11.7 Å². The number of hydrogen-bond acceptors (Lipinski definition) is 6. The Kier molecular flexibility index (Phi) is 6.96. The van der Waals surface area contributed by atoms with Gasteiger partial charge in [-0.2, -0.15) is 4.68 Å². The van der Waals surface area contributed by atoms with Crippen LogP contribution in [0.4, 0.5) is 15.8 Å². The van der Waals surface area contributed by atoms with Crippen LogP contribution in [-0.2, 0) is 4.79 Å². The first-order chi connectivity index (χ1) is 16.0. The summed E-state index contributed by atoms with van der Waals surface area (Å²) in [5, 5.41) is 17.9. The van der Waals surface area contributed by atoms with Gasteiger partial charge in [-0.05, 0) is 65.0 Å². The molecule has 0 aliphatic rings. The number of tetrazole rings is 1. The van der Waals surface area contributed by atoms with Crippen molar-refractivity contribution in [2.45, 2.75) is 5.16 Å². The predicted molar refractivity (Wildman–Crippen MR) is 124 cm³/mol. The number of anilines is 2. The van der Waals surface area contributed by atoms with Gasteiger partial charge < -0.3 is 10.6 Å². The van der Waals surface area contributed by atoms with E-state index in [0.29, 0.717) is 27.2 Å². The van der Waals surface area contributed by atoms with Gasteiger partial charge in [-0.25, -0.2) is 4.39 Å². The standard InChI is InChI=1S/C22H16ClFN6O2S/c23-14-4-3-5-17(12-14)30-22(27-28-29-30)33-13-20(31)26-19-7-2-1-6-18(19)21(32)25-16-10-8-15(24)9-11-16/h1-12H,13H2,(H,25,32)(H,26,31). The summed E-state index contributed by atoms with van der Waals surface area (Å²) in [4.78, 5) is 25.2. The predicted octanol–water partition coefficient (Wildman–Crippen LogP) is 4.44. The number of carbonyl (C=O) groups excluding carboxylic acids is 2. The molecule has 1 aromatic heterocycles. The maximum atomic E-state index is 13.1. The lowest BCUT2D eigenvalue weighted by Crippen LogP contribution is -2.19. The fourth-order valence-electron chi connectivity index (χ4n) is 2.88. The van der Waals surface area contributed by atoms with Crippen LogP contribution in [0.2, 0.25) is 5.02 Å². The topological polar surface area (TPSA) is 102 Å². The number of amides is 2. The van der Waals surface area contributed by atoms with Crippen molar-refractivity contribution in [3.8, 4) is 5.69 Å². The molecule has 166 valence electrons. The lowest BCUT2D eigenvalue weighted by molar-refractivity contribution is -0.113. The molecule has 11 heteroatoms. The third-order valence-electron chi connectivity index (χ3n) is 4.37. The molecule has 0 bridgehead atoms. The molecule has 2 N–H and O–H groups in total. The second kappa shape index (κ2) is 10.2. The van der Waals surface area contributed by atoms with Crippen LogP contribution >= 0.6 is 23.4 Å². The number of rotatable bonds is 7. The Morgan fingerprint density at radius 1 is 1.00 bits per heavy atom. The summed E-state index contributed by atoms with van der Waals surface area (Å²) in [5.74, 6) is -1.17. The second-order valence-corrected chi connectivity index (χ2v) is 8.08. The van der Waals surface area contributed by atoms with Gasteiger partial charge in [-0.3, -0.25) is 9.59 Å². The summed E-state index contributed by atoms with van der Waals surface area (Å²) in [5.41, 5.74) is 1.71. The van der Waals surface area contributed by atoms with E-state index in [0.717, 1.165) is 11.8 Å². The van der Waals surface area contributed by atoms with Crippen molar-refractivity contribution in [1.82, 2.24) is 20.2 Å². The monoisotopic (exact) mass is 482 g/mol. The van der Waals surface area contributed by atoms with Crippen LogP contribution in [0.15, 0.2) is 78.0 Å². The Morgan fingerprint density at radius 3 is 2.58 bits per heavy atom. The molecule has 2 amide bonds. The molecule has 0 aliphatic heterocycles. The molecule has 0 aliphatic carbocycles. The molecule has 33 heavy (non-hydrogen) atoms. The number of carbonyl (C=O) groups is 2. The van der Waals surface area contributed by atoms with E-state index in [2.05, 4.69) is 26.2 Å². The van der Waals surface area contributed by atoms with Crippen LogP contribution in [0.5, 0.6) is 0 Å². The molecule has 0 saturated heterocycles. The first-order valence-corrected chi connectivity index (χ1v) is 11.0. The Labute approximate surface area is 197 Å². The SMILES string of the molecule is O=C(CSc1nnnn1-c1cccc(Cl)c1)Nc1ccccc1C(=O)Nc1ccc(F)cc1. The molecule has 8 nitrogen and oxygen atoms in total. The molecule has 0 fully saturated rings. The van der Waals surface area contributed by atoms with Crippen LogP contribution in [0, 0.1) is 5.82 Å². The van der Waals surface area contributed by atoms with Crippen LogP contribution < -0.4 is 10.6 Å². The average Bonchev–Trinajstić information content (AvgIpc) is 3.28. The van der Waals surface area contributed by atoms with Crippen LogP contribution in [-0.4, -0.2) is 37.8 Å². The third kappa shape index (κ3) is 5.73. The normalized spacial score (nSPS) is 10.6. The van der Waals surface area contributed by atoms with Crippen molar-refractivity contribution in [1.29, 1.82) is 0 Å². The fourth-order valence-corrected chi connectivity index (χ4v) is 3.75. The lowest BCUT2D eigenvalue weighted by Gasteiger charge is -2.11. The second-order valence-electron chi connectivity index (χ2n) is 6.70. The summed E-state index contributed by atoms with van der Waals surface area (Å²) >= 11 is 7.16. The Balaban J connectivity index is 1.41. The molecule has 0 radical (unpaired) electrons. The summed E-state index contributed by atoms with van der Waals surface area (Å²) < 4.78 is 14.6. The van der Waals surface area contributed by atoms with Crippen LogP contribution in [0.25, 0.3) is 5.69 Å². The van der Waals surface area contributed by atoms with E-state index in [4.69, 9.17) is 11.6 Å². The van der Waals surface area contributed by atoms with Crippen LogP contribution in [0.1, 0.15) is 10.4 Å². The number of nitrogens with one attached hydrogen (secondary N) is 2. The minimum atomic E-state index is -0.435. The van der Waals surface area contributed by atoms with Gasteiger partial charge in [0.2, 0.25) is 11.1 Å². The summed E-state index contributed by atoms with van der Waals surface area (Å²) in [7, 11) is 0. The maximum Gasteiger partial charge on any atom is 0.257 e. The molecule has 4 aromatic rings. The highest BCUT2D eigenvalue weighted by Crippen LogP contribution is 2.22. The molecule has 4 rings (SSSR count). The van der Waals surface area contributed by atoms with Gasteiger partial charge in [-0.1, -0.05) is 41.6 Å². The van der Waals surface area contributed by atoms with E-state index in [1.54, 1.807) is 48.5 Å². The minimum absolute atomic E-state index is 0.00878. The first kappa shape index (κ1) is 22.4. The van der Waals surface area contributed by atoms with Gasteiger partial charge >= 0.3 is 0 Å². The largest absolute Gasteiger partial charge is 0.325 e. The van der Waals surface area contributed by atoms with E-state index in [1.807, 2.05) is 0 Å². The zero-order valence-electron chi connectivity index (χ0n) is 16.9. The summed E-state index contributed by atoms with van der Waals surface area (Å²) in [6.45, 7) is 0.